The third kappa shape index (κ3) is 6.39. The van der Waals surface area contributed by atoms with Crippen molar-refractivity contribution in [3.8, 4) is 5.75 Å². The molecule has 0 amide bonds. The van der Waals surface area contributed by atoms with E-state index in [0.29, 0.717) is 5.57 Å². The number of carbonyl (C=O) groups is 1. The number of allylic oxidation sites excluding steroid dienone is 4. The number of carboxylic acid groups (broad SMARTS) is 1. The molecule has 0 bridgehead atoms. The third-order valence-electron chi connectivity index (χ3n) is 7.44. The van der Waals surface area contributed by atoms with Crippen LogP contribution in [0.2, 0.25) is 0 Å². The summed E-state index contributed by atoms with van der Waals surface area (Å²) in [6.07, 6.45) is 6.75. The highest BCUT2D eigenvalue weighted by Gasteiger charge is 2.29. The van der Waals surface area contributed by atoms with Gasteiger partial charge in [0.2, 0.25) is 0 Å². The first kappa shape index (κ1) is 26.4. The summed E-state index contributed by atoms with van der Waals surface area (Å²) >= 11 is 0. The lowest BCUT2D eigenvalue weighted by atomic mass is 9.83. The maximum absolute atomic E-state index is 11.3. The number of carboxylic acids is 1. The molecule has 0 spiro atoms. The number of aliphatic carboxylic acids is 1. The second-order valence-corrected chi connectivity index (χ2v) is 9.97. The molecule has 4 heteroatoms. The molecule has 0 radical (unpaired) electrons. The Hall–Kier alpha value is -3.63. The van der Waals surface area contributed by atoms with Crippen LogP contribution in [0.3, 0.4) is 0 Å². The molecule has 3 atom stereocenters. The average Bonchev–Trinajstić information content (AvgIpc) is 2.92. The molecule has 1 heterocycles. The van der Waals surface area contributed by atoms with E-state index in [-0.39, 0.29) is 18.1 Å². The molecule has 37 heavy (non-hydrogen) atoms. The van der Waals surface area contributed by atoms with Crippen LogP contribution in [0.25, 0.3) is 10.8 Å². The van der Waals surface area contributed by atoms with Gasteiger partial charge in [0.05, 0.1) is 6.10 Å². The van der Waals surface area contributed by atoms with Gasteiger partial charge in [-0.2, -0.15) is 0 Å². The molecule has 3 aromatic rings. The molecule has 0 fully saturated rings. The van der Waals surface area contributed by atoms with E-state index in [1.807, 2.05) is 37.3 Å². The fraction of sp³-hybridized carbons (Fsp3) is 0.303. The molecule has 2 N–H and O–H groups in total. The Morgan fingerprint density at radius 3 is 2.62 bits per heavy atom. The summed E-state index contributed by atoms with van der Waals surface area (Å²) in [5, 5.41) is 15.5. The number of para-hydroxylation sites is 1. The molecule has 0 saturated carbocycles. The Kier molecular flexibility index (Phi) is 8.62. The van der Waals surface area contributed by atoms with E-state index in [1.165, 1.54) is 16.3 Å². The van der Waals surface area contributed by atoms with Crippen LogP contribution >= 0.6 is 0 Å². The topological polar surface area (TPSA) is 58.6 Å². The van der Waals surface area contributed by atoms with Crippen LogP contribution in [-0.2, 0) is 4.79 Å². The predicted molar refractivity (Wildman–Crippen MR) is 152 cm³/mol. The normalized spacial score (nSPS) is 18.7. The van der Waals surface area contributed by atoms with Gasteiger partial charge in [-0.25, -0.2) is 4.79 Å². The van der Waals surface area contributed by atoms with E-state index >= 15 is 0 Å². The average molecular weight is 496 g/mol. The van der Waals surface area contributed by atoms with Gasteiger partial charge in [0, 0.05) is 23.1 Å². The van der Waals surface area contributed by atoms with Crippen molar-refractivity contribution in [1.29, 1.82) is 0 Å². The fourth-order valence-electron chi connectivity index (χ4n) is 5.05. The van der Waals surface area contributed by atoms with Gasteiger partial charge < -0.3 is 15.2 Å². The van der Waals surface area contributed by atoms with Gasteiger partial charge in [0.1, 0.15) is 5.75 Å². The Morgan fingerprint density at radius 2 is 1.81 bits per heavy atom. The zero-order valence-electron chi connectivity index (χ0n) is 22.0. The van der Waals surface area contributed by atoms with E-state index in [1.54, 1.807) is 6.92 Å². The van der Waals surface area contributed by atoms with Gasteiger partial charge >= 0.3 is 5.97 Å². The zero-order valence-corrected chi connectivity index (χ0v) is 22.0. The maximum Gasteiger partial charge on any atom is 0.331 e. The first-order valence-electron chi connectivity index (χ1n) is 13.1. The minimum Gasteiger partial charge on any atom is -0.490 e. The molecule has 4 rings (SSSR count). The highest BCUT2D eigenvalue weighted by atomic mass is 16.5. The van der Waals surface area contributed by atoms with E-state index in [2.05, 4.69) is 67.4 Å². The first-order valence-corrected chi connectivity index (χ1v) is 13.1. The summed E-state index contributed by atoms with van der Waals surface area (Å²) in [6, 6.07) is 23.5. The second kappa shape index (κ2) is 12.1. The fourth-order valence-corrected chi connectivity index (χ4v) is 5.05. The molecule has 1 aliphatic heterocycles. The summed E-state index contributed by atoms with van der Waals surface area (Å²) in [5.41, 5.74) is 4.52. The molecule has 0 aliphatic carbocycles. The van der Waals surface area contributed by atoms with E-state index in [0.717, 1.165) is 48.3 Å². The number of hydrogen-bond donors (Lipinski definition) is 2. The molecule has 0 aromatic heterocycles. The molecule has 3 aromatic carbocycles. The molecule has 0 unspecified atom stereocenters. The first-order chi connectivity index (χ1) is 17.8. The molecule has 0 saturated heterocycles. The van der Waals surface area contributed by atoms with Crippen molar-refractivity contribution in [2.24, 2.45) is 0 Å². The Labute approximate surface area is 220 Å². The maximum atomic E-state index is 11.3. The van der Waals surface area contributed by atoms with Crippen molar-refractivity contribution in [1.82, 2.24) is 5.32 Å². The van der Waals surface area contributed by atoms with Gasteiger partial charge in [-0.3, -0.25) is 0 Å². The summed E-state index contributed by atoms with van der Waals surface area (Å²) in [5.74, 6) is 0.170. The van der Waals surface area contributed by atoms with Crippen LogP contribution in [0.1, 0.15) is 63.1 Å². The van der Waals surface area contributed by atoms with Crippen LogP contribution < -0.4 is 10.1 Å². The van der Waals surface area contributed by atoms with E-state index in [9.17, 15) is 9.90 Å². The smallest absolute Gasteiger partial charge is 0.331 e. The summed E-state index contributed by atoms with van der Waals surface area (Å²) in [6.45, 7) is 10.9. The van der Waals surface area contributed by atoms with Crippen LogP contribution in [0.4, 0.5) is 0 Å². The Bertz CT molecular complexity index is 1330. The highest BCUT2D eigenvalue weighted by Crippen LogP contribution is 2.41. The van der Waals surface area contributed by atoms with Crippen LogP contribution in [0.15, 0.2) is 102 Å². The van der Waals surface area contributed by atoms with Crippen molar-refractivity contribution in [3.63, 3.8) is 0 Å². The van der Waals surface area contributed by atoms with Crippen LogP contribution in [-0.4, -0.2) is 23.7 Å². The van der Waals surface area contributed by atoms with Crippen LogP contribution in [0, 0.1) is 0 Å². The minimum atomic E-state index is -0.896. The number of fused-ring (bicyclic) bond motifs is 2. The Morgan fingerprint density at radius 1 is 1.08 bits per heavy atom. The van der Waals surface area contributed by atoms with Gasteiger partial charge in [-0.15, -0.1) is 0 Å². The van der Waals surface area contributed by atoms with Crippen molar-refractivity contribution in [2.75, 3.05) is 6.54 Å². The standard InChI is InChI=1S/C33H37NO3/c1-22(24(3)33(35)36)18-19-23(2)31-21-27(37-32-17-8-7-15-30(31)32)13-10-20-34-25(4)28-16-9-12-26-11-5-6-14-29(26)28/h5-9,11-12,14-19,25,27,31,34H,2,10,13,20-21H2,1,3-4H3,(H,35,36)/b19-18-,24-22+/t25-,27+,31+/m1/s1. The Balaban J connectivity index is 1.37. The minimum absolute atomic E-state index is 0.108. The predicted octanol–water partition coefficient (Wildman–Crippen LogP) is 7.74. The van der Waals surface area contributed by atoms with Gasteiger partial charge in [-0.1, -0.05) is 79.4 Å². The summed E-state index contributed by atoms with van der Waals surface area (Å²) in [4.78, 5) is 11.3. The van der Waals surface area contributed by atoms with Crippen molar-refractivity contribution < 1.29 is 14.6 Å². The van der Waals surface area contributed by atoms with Crippen molar-refractivity contribution in [3.05, 3.63) is 113 Å². The third-order valence-corrected chi connectivity index (χ3v) is 7.44. The molecule has 192 valence electrons. The SMILES string of the molecule is C=C(/C=C\C(C)=C(/C)C(=O)O)[C@@H]1C[C@H](CCCN[C@H](C)c2cccc3ccccc23)Oc2ccccc21. The lowest BCUT2D eigenvalue weighted by Gasteiger charge is -2.33. The van der Waals surface area contributed by atoms with Gasteiger partial charge in [-0.05, 0) is 80.1 Å². The molecule has 4 nitrogen and oxygen atoms in total. The highest BCUT2D eigenvalue weighted by molar-refractivity contribution is 5.87. The zero-order chi connectivity index (χ0) is 26.4. The van der Waals surface area contributed by atoms with E-state index < -0.39 is 5.97 Å². The van der Waals surface area contributed by atoms with Crippen molar-refractivity contribution in [2.45, 2.75) is 58.1 Å². The lowest BCUT2D eigenvalue weighted by molar-refractivity contribution is -0.132. The number of rotatable bonds is 10. The summed E-state index contributed by atoms with van der Waals surface area (Å²) in [7, 11) is 0. The largest absolute Gasteiger partial charge is 0.490 e. The summed E-state index contributed by atoms with van der Waals surface area (Å²) < 4.78 is 6.38. The lowest BCUT2D eigenvalue weighted by Crippen LogP contribution is -2.28. The second-order valence-electron chi connectivity index (χ2n) is 9.97. The monoisotopic (exact) mass is 495 g/mol. The van der Waals surface area contributed by atoms with Gasteiger partial charge in [0.25, 0.3) is 0 Å². The molecular formula is C33H37NO3. The molecule has 1 aliphatic rings. The number of hydrogen-bond acceptors (Lipinski definition) is 3. The number of ether oxygens (including phenoxy) is 1. The van der Waals surface area contributed by atoms with E-state index in [4.69, 9.17) is 4.74 Å². The van der Waals surface area contributed by atoms with Crippen molar-refractivity contribution >= 4 is 16.7 Å². The van der Waals surface area contributed by atoms with Gasteiger partial charge in [0.15, 0.2) is 0 Å². The quantitative estimate of drug-likeness (QED) is 0.172. The number of nitrogens with one attached hydrogen (secondary N) is 1. The molecular weight excluding hydrogens is 458 g/mol. The van der Waals surface area contributed by atoms with Crippen LogP contribution in [0.5, 0.6) is 5.75 Å². The number of benzene rings is 3.